The van der Waals surface area contributed by atoms with Gasteiger partial charge in [0.1, 0.15) is 11.2 Å². The van der Waals surface area contributed by atoms with Gasteiger partial charge in [0.2, 0.25) is 0 Å². The second-order valence-electron chi connectivity index (χ2n) is 5.68. The largest absolute Gasteiger partial charge is 0.456 e. The minimum Gasteiger partial charge on any atom is -0.456 e. The molecule has 24 heavy (non-hydrogen) atoms. The third kappa shape index (κ3) is 2.01. The third-order valence-electron chi connectivity index (χ3n) is 4.17. The lowest BCUT2D eigenvalue weighted by atomic mass is 10.1. The van der Waals surface area contributed by atoms with E-state index in [-0.39, 0.29) is 0 Å². The van der Waals surface area contributed by atoms with E-state index in [1.165, 1.54) is 0 Å². The average molecular weight is 311 g/mol. The van der Waals surface area contributed by atoms with E-state index < -0.39 is 0 Å². The molecule has 2 aromatic heterocycles. The Morgan fingerprint density at radius 3 is 2.42 bits per heavy atom. The maximum atomic E-state index is 5.94. The second-order valence-corrected chi connectivity index (χ2v) is 5.68. The van der Waals surface area contributed by atoms with Gasteiger partial charge in [-0.3, -0.25) is 5.10 Å². The zero-order valence-electron chi connectivity index (χ0n) is 12.7. The van der Waals surface area contributed by atoms with Crippen LogP contribution in [-0.4, -0.2) is 15.2 Å². The molecule has 5 rings (SSSR count). The highest BCUT2D eigenvalue weighted by atomic mass is 16.3. The Balaban J connectivity index is 1.62. The van der Waals surface area contributed by atoms with Gasteiger partial charge >= 0.3 is 0 Å². The van der Waals surface area contributed by atoms with E-state index in [4.69, 9.17) is 4.42 Å². The first-order valence-electron chi connectivity index (χ1n) is 7.78. The Kier molecular flexibility index (Phi) is 2.76. The van der Waals surface area contributed by atoms with Gasteiger partial charge in [0.05, 0.1) is 0 Å². The molecule has 0 fully saturated rings. The van der Waals surface area contributed by atoms with Crippen LogP contribution >= 0.6 is 0 Å². The van der Waals surface area contributed by atoms with Gasteiger partial charge in [-0.25, -0.2) is 4.98 Å². The van der Waals surface area contributed by atoms with Gasteiger partial charge in [-0.2, -0.15) is 5.10 Å². The van der Waals surface area contributed by atoms with E-state index in [1.54, 1.807) is 0 Å². The summed E-state index contributed by atoms with van der Waals surface area (Å²) in [5.74, 6) is 1.42. The highest BCUT2D eigenvalue weighted by Gasteiger charge is 2.11. The lowest BCUT2D eigenvalue weighted by Crippen LogP contribution is -1.81. The number of aromatic nitrogens is 3. The maximum Gasteiger partial charge on any atom is 0.181 e. The number of para-hydroxylation sites is 1. The molecule has 114 valence electrons. The summed E-state index contributed by atoms with van der Waals surface area (Å²) in [6.07, 6.45) is 0. The lowest BCUT2D eigenvalue weighted by Gasteiger charge is -1.95. The van der Waals surface area contributed by atoms with E-state index in [0.29, 0.717) is 5.82 Å². The molecule has 0 spiro atoms. The van der Waals surface area contributed by atoms with E-state index >= 15 is 0 Å². The zero-order chi connectivity index (χ0) is 15.9. The number of rotatable bonds is 2. The first-order chi connectivity index (χ1) is 11.9. The summed E-state index contributed by atoms with van der Waals surface area (Å²) in [4.78, 5) is 4.60. The molecule has 0 aliphatic rings. The molecule has 4 nitrogen and oxygen atoms in total. The van der Waals surface area contributed by atoms with Gasteiger partial charge in [-0.15, -0.1) is 0 Å². The Morgan fingerprint density at radius 2 is 1.50 bits per heavy atom. The third-order valence-corrected chi connectivity index (χ3v) is 4.17. The summed E-state index contributed by atoms with van der Waals surface area (Å²) in [6, 6.07) is 24.1. The predicted molar refractivity (Wildman–Crippen MR) is 94.5 cm³/mol. The summed E-state index contributed by atoms with van der Waals surface area (Å²) < 4.78 is 5.94. The van der Waals surface area contributed by atoms with Crippen LogP contribution in [0.3, 0.4) is 0 Å². The van der Waals surface area contributed by atoms with Crippen LogP contribution in [0.4, 0.5) is 0 Å². The zero-order valence-corrected chi connectivity index (χ0v) is 12.7. The van der Waals surface area contributed by atoms with Gasteiger partial charge in [-0.05, 0) is 18.2 Å². The maximum absolute atomic E-state index is 5.94. The highest BCUT2D eigenvalue weighted by molar-refractivity contribution is 6.05. The van der Waals surface area contributed by atoms with Gasteiger partial charge < -0.3 is 4.42 Å². The molecule has 0 bridgehead atoms. The van der Waals surface area contributed by atoms with Crippen molar-refractivity contribution in [1.29, 1.82) is 0 Å². The number of benzene rings is 3. The SMILES string of the molecule is c1ccc(-c2nc(-c3ccc4c(c3)oc3ccccc34)n[nH]2)cc1. The fraction of sp³-hybridized carbons (Fsp3) is 0. The molecular formula is C20H13N3O. The first kappa shape index (κ1) is 13.1. The van der Waals surface area contributed by atoms with Crippen LogP contribution in [0.15, 0.2) is 77.2 Å². The molecule has 1 N–H and O–H groups in total. The van der Waals surface area contributed by atoms with Crippen molar-refractivity contribution in [3.05, 3.63) is 72.8 Å². The number of furan rings is 1. The van der Waals surface area contributed by atoms with E-state index in [9.17, 15) is 0 Å². The number of H-pyrrole nitrogens is 1. The van der Waals surface area contributed by atoms with Crippen molar-refractivity contribution < 1.29 is 4.42 Å². The molecule has 0 aliphatic carbocycles. The standard InChI is InChI=1S/C20H13N3O/c1-2-6-13(7-3-1)19-21-20(23-22-19)14-10-11-16-15-8-4-5-9-17(15)24-18(16)12-14/h1-12H,(H,21,22,23). The van der Waals surface area contributed by atoms with Crippen LogP contribution < -0.4 is 0 Å². The number of hydrogen-bond acceptors (Lipinski definition) is 3. The van der Waals surface area contributed by atoms with Gasteiger partial charge in [0.15, 0.2) is 11.6 Å². The van der Waals surface area contributed by atoms with Crippen molar-refractivity contribution in [2.24, 2.45) is 0 Å². The monoisotopic (exact) mass is 311 g/mol. The molecule has 0 radical (unpaired) electrons. The van der Waals surface area contributed by atoms with Crippen molar-refractivity contribution in [1.82, 2.24) is 15.2 Å². The Morgan fingerprint density at radius 1 is 0.708 bits per heavy atom. The lowest BCUT2D eigenvalue weighted by molar-refractivity contribution is 0.669. The molecule has 0 amide bonds. The smallest absolute Gasteiger partial charge is 0.181 e. The Labute approximate surface area is 137 Å². The molecule has 4 heteroatoms. The normalized spacial score (nSPS) is 11.3. The molecule has 3 aromatic carbocycles. The van der Waals surface area contributed by atoms with Crippen molar-refractivity contribution in [2.75, 3.05) is 0 Å². The van der Waals surface area contributed by atoms with Crippen molar-refractivity contribution in [2.45, 2.75) is 0 Å². The van der Waals surface area contributed by atoms with Crippen LogP contribution in [0.1, 0.15) is 0 Å². The van der Waals surface area contributed by atoms with Gasteiger partial charge in [0.25, 0.3) is 0 Å². The van der Waals surface area contributed by atoms with Crippen LogP contribution in [-0.2, 0) is 0 Å². The average Bonchev–Trinajstić information content (AvgIpc) is 3.27. The minimum absolute atomic E-state index is 0.663. The van der Waals surface area contributed by atoms with Crippen molar-refractivity contribution >= 4 is 21.9 Å². The number of hydrogen-bond donors (Lipinski definition) is 1. The summed E-state index contributed by atoms with van der Waals surface area (Å²) in [6.45, 7) is 0. The molecule has 0 unspecified atom stereocenters. The number of nitrogens with one attached hydrogen (secondary N) is 1. The fourth-order valence-electron chi connectivity index (χ4n) is 2.98. The van der Waals surface area contributed by atoms with E-state index in [0.717, 1.165) is 38.9 Å². The molecule has 2 heterocycles. The first-order valence-corrected chi connectivity index (χ1v) is 7.78. The van der Waals surface area contributed by atoms with Crippen molar-refractivity contribution in [3.8, 4) is 22.8 Å². The quantitative estimate of drug-likeness (QED) is 0.497. The Bertz CT molecular complexity index is 1160. The fourth-order valence-corrected chi connectivity index (χ4v) is 2.98. The number of fused-ring (bicyclic) bond motifs is 3. The van der Waals surface area contributed by atoms with Crippen LogP contribution in [0.2, 0.25) is 0 Å². The summed E-state index contributed by atoms with van der Waals surface area (Å²) in [5, 5.41) is 9.58. The number of nitrogens with zero attached hydrogens (tertiary/aromatic N) is 2. The molecule has 5 aromatic rings. The Hall–Kier alpha value is -3.40. The molecule has 0 atom stereocenters. The summed E-state index contributed by atoms with van der Waals surface area (Å²) in [7, 11) is 0. The van der Waals surface area contributed by atoms with Gasteiger partial charge in [0, 0.05) is 21.9 Å². The topological polar surface area (TPSA) is 54.7 Å². The minimum atomic E-state index is 0.663. The predicted octanol–water partition coefficient (Wildman–Crippen LogP) is 5.04. The summed E-state index contributed by atoms with van der Waals surface area (Å²) in [5.41, 5.74) is 3.69. The van der Waals surface area contributed by atoms with Crippen LogP contribution in [0.5, 0.6) is 0 Å². The highest BCUT2D eigenvalue weighted by Crippen LogP contribution is 2.31. The molecule has 0 aliphatic heterocycles. The van der Waals surface area contributed by atoms with E-state index in [2.05, 4.69) is 27.3 Å². The molecule has 0 saturated heterocycles. The van der Waals surface area contributed by atoms with Crippen LogP contribution in [0, 0.1) is 0 Å². The second kappa shape index (κ2) is 5.06. The van der Waals surface area contributed by atoms with E-state index in [1.807, 2.05) is 60.7 Å². The van der Waals surface area contributed by atoms with Gasteiger partial charge in [-0.1, -0.05) is 54.6 Å². The van der Waals surface area contributed by atoms with Crippen molar-refractivity contribution in [3.63, 3.8) is 0 Å². The molecule has 0 saturated carbocycles. The number of aromatic amines is 1. The van der Waals surface area contributed by atoms with Crippen LogP contribution in [0.25, 0.3) is 44.7 Å². The summed E-state index contributed by atoms with van der Waals surface area (Å²) >= 11 is 0. The molecular weight excluding hydrogens is 298 g/mol.